The number of nitrogens with zero attached hydrogens (tertiary/aromatic N) is 3. The molecule has 2 aliphatic heterocycles. The fourth-order valence-electron chi connectivity index (χ4n) is 4.16. The van der Waals surface area contributed by atoms with Crippen LogP contribution < -0.4 is 5.56 Å². The third-order valence-electron chi connectivity index (χ3n) is 5.57. The molecule has 1 spiro atoms. The molecule has 140 valence electrons. The first-order valence-corrected chi connectivity index (χ1v) is 9.02. The summed E-state index contributed by atoms with van der Waals surface area (Å²) in [4.78, 5) is 31.3. The summed E-state index contributed by atoms with van der Waals surface area (Å²) in [5.41, 5.74) is -0.0991. The first-order chi connectivity index (χ1) is 12.3. The van der Waals surface area contributed by atoms with Gasteiger partial charge in [-0.25, -0.2) is 9.50 Å². The third-order valence-corrected chi connectivity index (χ3v) is 5.57. The van der Waals surface area contributed by atoms with Gasteiger partial charge in [0.1, 0.15) is 5.56 Å². The lowest BCUT2D eigenvalue weighted by Gasteiger charge is -2.48. The standard InChI is InChI=1S/C18H24N4O4/c1-12-9-14-19-10-13(16(24)22(14)20-12)15(23)21-6-3-18(4-7-21)11-17(2,25)5-8-26-18/h9-10,20,25H,3-8,11H2,1-2H3. The maximum absolute atomic E-state index is 12.8. The van der Waals surface area contributed by atoms with Gasteiger partial charge < -0.3 is 14.7 Å². The smallest absolute Gasteiger partial charge is 0.285 e. The zero-order valence-corrected chi connectivity index (χ0v) is 15.1. The fourth-order valence-corrected chi connectivity index (χ4v) is 4.16. The molecule has 2 fully saturated rings. The number of aromatic nitrogens is 3. The summed E-state index contributed by atoms with van der Waals surface area (Å²) in [5.74, 6) is -0.304. The van der Waals surface area contributed by atoms with Gasteiger partial charge in [-0.05, 0) is 33.1 Å². The summed E-state index contributed by atoms with van der Waals surface area (Å²) in [6, 6.07) is 1.76. The predicted molar refractivity (Wildman–Crippen MR) is 94.2 cm³/mol. The second-order valence-electron chi connectivity index (χ2n) is 7.86. The van der Waals surface area contributed by atoms with Crippen molar-refractivity contribution in [2.24, 2.45) is 0 Å². The molecule has 8 nitrogen and oxygen atoms in total. The van der Waals surface area contributed by atoms with Gasteiger partial charge in [0.2, 0.25) is 0 Å². The molecule has 0 saturated carbocycles. The van der Waals surface area contributed by atoms with Crippen LogP contribution in [-0.4, -0.2) is 61.4 Å². The van der Waals surface area contributed by atoms with E-state index >= 15 is 0 Å². The van der Waals surface area contributed by atoms with Crippen molar-refractivity contribution in [3.63, 3.8) is 0 Å². The average Bonchev–Trinajstić information content (AvgIpc) is 2.96. The molecule has 2 aromatic heterocycles. The minimum absolute atomic E-state index is 0.0665. The topological polar surface area (TPSA) is 99.9 Å². The SMILES string of the molecule is Cc1cc2ncc(C(=O)N3CCC4(CC3)CC(C)(O)CCO4)c(=O)n2[nH]1. The zero-order chi connectivity index (χ0) is 18.5. The molecule has 0 radical (unpaired) electrons. The molecule has 1 amide bonds. The van der Waals surface area contributed by atoms with Crippen molar-refractivity contribution >= 4 is 11.6 Å². The molecule has 0 aliphatic carbocycles. The number of likely N-dealkylation sites (tertiary alicyclic amines) is 1. The Morgan fingerprint density at radius 2 is 2.08 bits per heavy atom. The minimum Gasteiger partial charge on any atom is -0.390 e. The van der Waals surface area contributed by atoms with Crippen LogP contribution in [0.3, 0.4) is 0 Å². The molecule has 0 aromatic carbocycles. The van der Waals surface area contributed by atoms with Crippen LogP contribution in [0.1, 0.15) is 48.7 Å². The lowest BCUT2D eigenvalue weighted by atomic mass is 9.78. The number of aromatic amines is 1. The van der Waals surface area contributed by atoms with E-state index in [0.717, 1.165) is 5.69 Å². The minimum atomic E-state index is -0.719. The lowest BCUT2D eigenvalue weighted by molar-refractivity contribution is -0.170. The highest BCUT2D eigenvalue weighted by atomic mass is 16.5. The number of aliphatic hydroxyl groups is 1. The normalized spacial score (nSPS) is 25.7. The van der Waals surface area contributed by atoms with E-state index in [0.29, 0.717) is 51.0 Å². The van der Waals surface area contributed by atoms with Crippen molar-refractivity contribution in [1.82, 2.24) is 19.5 Å². The third kappa shape index (κ3) is 2.93. The van der Waals surface area contributed by atoms with E-state index in [4.69, 9.17) is 4.74 Å². The number of carbonyl (C=O) groups excluding carboxylic acids is 1. The highest BCUT2D eigenvalue weighted by molar-refractivity contribution is 5.93. The van der Waals surface area contributed by atoms with Crippen LogP contribution in [-0.2, 0) is 4.74 Å². The molecule has 4 rings (SSSR count). The maximum atomic E-state index is 12.8. The maximum Gasteiger partial charge on any atom is 0.285 e. The largest absolute Gasteiger partial charge is 0.390 e. The summed E-state index contributed by atoms with van der Waals surface area (Å²) in [6.07, 6.45) is 3.90. The molecule has 26 heavy (non-hydrogen) atoms. The summed E-state index contributed by atoms with van der Waals surface area (Å²) in [7, 11) is 0. The van der Waals surface area contributed by atoms with Crippen LogP contribution in [0, 0.1) is 6.92 Å². The zero-order valence-electron chi connectivity index (χ0n) is 15.1. The van der Waals surface area contributed by atoms with Crippen molar-refractivity contribution in [2.45, 2.75) is 50.7 Å². The van der Waals surface area contributed by atoms with Gasteiger partial charge in [-0.2, -0.15) is 0 Å². The Morgan fingerprint density at radius 1 is 1.35 bits per heavy atom. The van der Waals surface area contributed by atoms with E-state index in [1.54, 1.807) is 11.0 Å². The van der Waals surface area contributed by atoms with Crippen molar-refractivity contribution in [1.29, 1.82) is 0 Å². The van der Waals surface area contributed by atoms with Crippen LogP contribution >= 0.6 is 0 Å². The van der Waals surface area contributed by atoms with Gasteiger partial charge in [-0.1, -0.05) is 0 Å². The van der Waals surface area contributed by atoms with E-state index in [-0.39, 0.29) is 22.6 Å². The Hall–Kier alpha value is -2.19. The van der Waals surface area contributed by atoms with Crippen LogP contribution in [0.5, 0.6) is 0 Å². The van der Waals surface area contributed by atoms with Crippen molar-refractivity contribution in [3.05, 3.63) is 33.9 Å². The van der Waals surface area contributed by atoms with Gasteiger partial charge in [0.25, 0.3) is 11.5 Å². The number of nitrogens with one attached hydrogen (secondary N) is 1. The molecule has 2 N–H and O–H groups in total. The number of carbonyl (C=O) groups is 1. The van der Waals surface area contributed by atoms with E-state index in [1.807, 2.05) is 13.8 Å². The van der Waals surface area contributed by atoms with Gasteiger partial charge in [0.05, 0.1) is 17.8 Å². The molecule has 4 heterocycles. The Kier molecular flexibility index (Phi) is 3.92. The molecule has 2 aromatic rings. The monoisotopic (exact) mass is 360 g/mol. The first kappa shape index (κ1) is 17.2. The molecule has 2 saturated heterocycles. The summed E-state index contributed by atoms with van der Waals surface area (Å²) < 4.78 is 7.28. The van der Waals surface area contributed by atoms with E-state index in [1.165, 1.54) is 10.7 Å². The number of ether oxygens (including phenoxy) is 1. The Morgan fingerprint density at radius 3 is 2.77 bits per heavy atom. The highest BCUT2D eigenvalue weighted by Gasteiger charge is 2.45. The number of amides is 1. The second-order valence-corrected chi connectivity index (χ2v) is 7.86. The predicted octanol–water partition coefficient (Wildman–Crippen LogP) is 0.867. The van der Waals surface area contributed by atoms with Crippen molar-refractivity contribution in [2.75, 3.05) is 19.7 Å². The van der Waals surface area contributed by atoms with Crippen LogP contribution in [0.15, 0.2) is 17.1 Å². The van der Waals surface area contributed by atoms with E-state index in [2.05, 4.69) is 10.1 Å². The Balaban J connectivity index is 1.52. The van der Waals surface area contributed by atoms with Crippen LogP contribution in [0.25, 0.3) is 5.65 Å². The highest BCUT2D eigenvalue weighted by Crippen LogP contribution is 2.39. The summed E-state index contributed by atoms with van der Waals surface area (Å²) in [6.45, 7) is 5.21. The average molecular weight is 360 g/mol. The van der Waals surface area contributed by atoms with Gasteiger partial charge in [-0.3, -0.25) is 14.7 Å². The van der Waals surface area contributed by atoms with Gasteiger partial charge >= 0.3 is 0 Å². The molecular weight excluding hydrogens is 336 g/mol. The molecule has 8 heteroatoms. The van der Waals surface area contributed by atoms with Gasteiger partial charge in [0, 0.05) is 37.5 Å². The number of hydrogen-bond acceptors (Lipinski definition) is 5. The van der Waals surface area contributed by atoms with E-state index < -0.39 is 5.60 Å². The number of aryl methyl sites for hydroxylation is 1. The second kappa shape index (κ2) is 5.92. The quantitative estimate of drug-likeness (QED) is 0.786. The van der Waals surface area contributed by atoms with Crippen LogP contribution in [0.2, 0.25) is 0 Å². The summed E-state index contributed by atoms with van der Waals surface area (Å²) >= 11 is 0. The lowest BCUT2D eigenvalue weighted by Crippen LogP contribution is -2.54. The molecule has 1 unspecified atom stereocenters. The van der Waals surface area contributed by atoms with E-state index in [9.17, 15) is 14.7 Å². The molecule has 1 atom stereocenters. The van der Waals surface area contributed by atoms with Crippen molar-refractivity contribution in [3.8, 4) is 0 Å². The van der Waals surface area contributed by atoms with Crippen LogP contribution in [0.4, 0.5) is 0 Å². The Bertz CT molecular complexity index is 906. The number of H-pyrrole nitrogens is 1. The number of hydrogen-bond donors (Lipinski definition) is 2. The van der Waals surface area contributed by atoms with Crippen molar-refractivity contribution < 1.29 is 14.6 Å². The first-order valence-electron chi connectivity index (χ1n) is 9.02. The number of rotatable bonds is 1. The van der Waals surface area contributed by atoms with Gasteiger partial charge in [0.15, 0.2) is 5.65 Å². The number of piperidine rings is 1. The van der Waals surface area contributed by atoms with Gasteiger partial charge in [-0.15, -0.1) is 0 Å². The molecule has 0 bridgehead atoms. The fraction of sp³-hybridized carbons (Fsp3) is 0.611. The number of fused-ring (bicyclic) bond motifs is 1. The molecular formula is C18H24N4O4. The molecule has 2 aliphatic rings. The Labute approximate surface area is 150 Å². The summed E-state index contributed by atoms with van der Waals surface area (Å²) in [5, 5.41) is 13.3.